The van der Waals surface area contributed by atoms with Crippen LogP contribution in [0.25, 0.3) is 0 Å². The molecule has 2 aliphatic heterocycles. The van der Waals surface area contributed by atoms with Crippen molar-refractivity contribution < 1.29 is 19.1 Å². The SMILES string of the molecule is Cc1ccc(NC(=O)COc2cccc([C@H]3c4sc(=O)[nH]c4SC4C3[C@H]3C[C@@H]4C4C(=O)N(c5ccc(Br)cc5)C(=O)C43)c2)cc1. The van der Waals surface area contributed by atoms with Gasteiger partial charge in [0.1, 0.15) is 5.75 Å². The number of fused-ring (bicyclic) bond motifs is 9. The average Bonchev–Trinajstić information content (AvgIpc) is 3.77. The number of aromatic amines is 1. The average molecular weight is 703 g/mol. The number of hydrogen-bond donors (Lipinski definition) is 2. The van der Waals surface area contributed by atoms with Gasteiger partial charge in [-0.1, -0.05) is 57.1 Å². The van der Waals surface area contributed by atoms with Crippen LogP contribution < -0.4 is 19.8 Å². The Bertz CT molecular complexity index is 1910. The van der Waals surface area contributed by atoms with Gasteiger partial charge in [-0.25, -0.2) is 0 Å². The van der Waals surface area contributed by atoms with Crippen LogP contribution in [-0.2, 0) is 14.4 Å². The predicted octanol–water partition coefficient (Wildman–Crippen LogP) is 6.20. The summed E-state index contributed by atoms with van der Waals surface area (Å²) in [4.78, 5) is 58.3. The molecular formula is C34H28BrN3O5S2. The van der Waals surface area contributed by atoms with Gasteiger partial charge in [-0.3, -0.25) is 24.1 Å². The number of amides is 3. The molecule has 8 nitrogen and oxygen atoms in total. The van der Waals surface area contributed by atoms with Crippen molar-refractivity contribution in [2.24, 2.45) is 29.6 Å². The van der Waals surface area contributed by atoms with E-state index in [1.807, 2.05) is 79.7 Å². The van der Waals surface area contributed by atoms with E-state index < -0.39 is 0 Å². The van der Waals surface area contributed by atoms with E-state index in [2.05, 4.69) is 26.2 Å². The van der Waals surface area contributed by atoms with E-state index in [0.717, 1.165) is 31.9 Å². The second kappa shape index (κ2) is 11.0. The second-order valence-electron chi connectivity index (χ2n) is 12.2. The monoisotopic (exact) mass is 701 g/mol. The minimum absolute atomic E-state index is 0.00890. The zero-order valence-corrected chi connectivity index (χ0v) is 27.3. The number of nitrogens with zero attached hydrogens (tertiary/aromatic N) is 1. The molecule has 3 fully saturated rings. The van der Waals surface area contributed by atoms with Crippen molar-refractivity contribution in [1.29, 1.82) is 0 Å². The van der Waals surface area contributed by atoms with Gasteiger partial charge in [0, 0.05) is 26.2 Å². The molecule has 4 unspecified atom stereocenters. The summed E-state index contributed by atoms with van der Waals surface area (Å²) in [6, 6.07) is 22.6. The zero-order valence-electron chi connectivity index (χ0n) is 24.1. The summed E-state index contributed by atoms with van der Waals surface area (Å²) >= 11 is 6.32. The van der Waals surface area contributed by atoms with Gasteiger partial charge < -0.3 is 15.0 Å². The van der Waals surface area contributed by atoms with Crippen molar-refractivity contribution >= 4 is 68.1 Å². The molecule has 0 radical (unpaired) electrons. The van der Waals surface area contributed by atoms with Crippen molar-refractivity contribution in [1.82, 2.24) is 4.98 Å². The topological polar surface area (TPSA) is 109 Å². The van der Waals surface area contributed by atoms with Crippen molar-refractivity contribution in [3.8, 4) is 5.75 Å². The molecule has 2 saturated carbocycles. The van der Waals surface area contributed by atoms with Crippen LogP contribution >= 0.6 is 39.0 Å². The number of thioether (sulfide) groups is 1. The number of benzene rings is 3. The van der Waals surface area contributed by atoms with Gasteiger partial charge in [0.05, 0.1) is 22.5 Å². The lowest BCUT2D eigenvalue weighted by Crippen LogP contribution is -2.42. The largest absolute Gasteiger partial charge is 0.484 e. The van der Waals surface area contributed by atoms with Crippen LogP contribution in [0.5, 0.6) is 5.75 Å². The van der Waals surface area contributed by atoms with Gasteiger partial charge in [0.25, 0.3) is 5.91 Å². The lowest BCUT2D eigenvalue weighted by atomic mass is 9.68. The summed E-state index contributed by atoms with van der Waals surface area (Å²) < 4.78 is 6.82. The molecule has 3 heterocycles. The molecule has 0 spiro atoms. The highest BCUT2D eigenvalue weighted by Gasteiger charge is 2.69. The molecule has 8 rings (SSSR count). The second-order valence-corrected chi connectivity index (χ2v) is 15.3. The molecule has 2 bridgehead atoms. The minimum atomic E-state index is -0.377. The molecule has 1 saturated heterocycles. The standard InChI is InChI=1S/C34H28BrN3O5S2/c1-16-5-9-19(10-6-16)36-24(39)15-43-21-4-2-3-17(13-21)25-26-22-14-23(29(26)44-31-30(25)45-34(42)37-31)28-27(22)32(40)38(33(28)41)20-11-7-18(35)8-12-20/h2-13,22-23,25-29H,14-15H2,1H3,(H,36,39)(H,37,42)/t22-,23-,25-,26?,27?,28?,29?/m1/s1. The third-order valence-electron chi connectivity index (χ3n) is 9.73. The highest BCUT2D eigenvalue weighted by Crippen LogP contribution is 2.68. The molecule has 2 aliphatic carbocycles. The number of thiazole rings is 1. The summed E-state index contributed by atoms with van der Waals surface area (Å²) in [6.45, 7) is 1.84. The van der Waals surface area contributed by atoms with E-state index in [9.17, 15) is 19.2 Å². The third kappa shape index (κ3) is 4.78. The lowest BCUT2D eigenvalue weighted by molar-refractivity contribution is -0.123. The number of rotatable bonds is 6. The lowest BCUT2D eigenvalue weighted by Gasteiger charge is -2.43. The number of carbonyl (C=O) groups excluding carboxylic acids is 3. The van der Waals surface area contributed by atoms with Crippen LogP contribution in [0.4, 0.5) is 11.4 Å². The van der Waals surface area contributed by atoms with Crippen LogP contribution in [-0.4, -0.2) is 34.6 Å². The highest BCUT2D eigenvalue weighted by atomic mass is 79.9. The van der Waals surface area contributed by atoms with E-state index in [0.29, 0.717) is 17.1 Å². The smallest absolute Gasteiger partial charge is 0.305 e. The Kier molecular flexibility index (Phi) is 7.03. The van der Waals surface area contributed by atoms with Gasteiger partial charge in [-0.2, -0.15) is 0 Å². The minimum Gasteiger partial charge on any atom is -0.484 e. The first kappa shape index (κ1) is 28.8. The molecule has 4 aliphatic rings. The Morgan fingerprint density at radius 2 is 1.73 bits per heavy atom. The number of halogens is 1. The number of hydrogen-bond acceptors (Lipinski definition) is 7. The van der Waals surface area contributed by atoms with Crippen LogP contribution in [0.2, 0.25) is 0 Å². The molecule has 7 atom stereocenters. The molecule has 11 heteroatoms. The van der Waals surface area contributed by atoms with Crippen molar-refractivity contribution in [3.63, 3.8) is 0 Å². The Morgan fingerprint density at radius 1 is 1.00 bits per heavy atom. The summed E-state index contributed by atoms with van der Waals surface area (Å²) in [7, 11) is 0. The number of H-pyrrole nitrogens is 1. The highest BCUT2D eigenvalue weighted by molar-refractivity contribution is 9.10. The molecular weight excluding hydrogens is 674 g/mol. The van der Waals surface area contributed by atoms with E-state index in [-0.39, 0.29) is 70.0 Å². The van der Waals surface area contributed by atoms with Crippen molar-refractivity contribution in [3.05, 3.63) is 103 Å². The van der Waals surface area contributed by atoms with Crippen LogP contribution in [0.1, 0.15) is 28.3 Å². The predicted molar refractivity (Wildman–Crippen MR) is 177 cm³/mol. The number of aryl methyl sites for hydroxylation is 1. The quantitative estimate of drug-likeness (QED) is 0.232. The maximum atomic E-state index is 14.0. The van der Waals surface area contributed by atoms with Crippen LogP contribution in [0, 0.1) is 36.5 Å². The first-order chi connectivity index (χ1) is 21.8. The fourth-order valence-electron chi connectivity index (χ4n) is 8.02. The summed E-state index contributed by atoms with van der Waals surface area (Å²) in [6.07, 6.45) is 0.814. The van der Waals surface area contributed by atoms with E-state index >= 15 is 0 Å². The van der Waals surface area contributed by atoms with Gasteiger partial charge in [-0.05, 0) is 85.2 Å². The Labute approximate surface area is 275 Å². The van der Waals surface area contributed by atoms with Crippen LogP contribution in [0.3, 0.4) is 0 Å². The first-order valence-electron chi connectivity index (χ1n) is 14.9. The molecule has 228 valence electrons. The molecule has 3 amide bonds. The Morgan fingerprint density at radius 3 is 2.49 bits per heavy atom. The maximum absolute atomic E-state index is 14.0. The maximum Gasteiger partial charge on any atom is 0.305 e. The Hall–Kier alpha value is -3.67. The van der Waals surface area contributed by atoms with Gasteiger partial charge in [0.15, 0.2) is 6.61 Å². The molecule has 3 aromatic carbocycles. The number of imide groups is 1. The normalized spacial score (nSPS) is 27.7. The van der Waals surface area contributed by atoms with E-state index in [1.54, 1.807) is 11.8 Å². The summed E-state index contributed by atoms with van der Waals surface area (Å²) in [5, 5.41) is 3.80. The molecule has 4 aromatic rings. The van der Waals surface area contributed by atoms with Gasteiger partial charge in [0.2, 0.25) is 11.8 Å². The first-order valence-corrected chi connectivity index (χ1v) is 17.4. The molecule has 2 N–H and O–H groups in total. The molecule has 1 aromatic heterocycles. The third-order valence-corrected chi connectivity index (χ3v) is 12.8. The summed E-state index contributed by atoms with van der Waals surface area (Å²) in [5.74, 6) is -0.685. The van der Waals surface area contributed by atoms with E-state index in [1.165, 1.54) is 16.2 Å². The fraction of sp³-hybridized carbons (Fsp3) is 0.294. The van der Waals surface area contributed by atoms with Gasteiger partial charge in [-0.15, -0.1) is 11.8 Å². The van der Waals surface area contributed by atoms with Crippen molar-refractivity contribution in [2.45, 2.75) is 29.5 Å². The Balaban J connectivity index is 1.08. The number of ether oxygens (including phenoxy) is 1. The molecule has 45 heavy (non-hydrogen) atoms. The number of nitrogens with one attached hydrogen (secondary N) is 2. The number of carbonyl (C=O) groups is 3. The zero-order chi connectivity index (χ0) is 31.0. The van der Waals surface area contributed by atoms with E-state index in [4.69, 9.17) is 4.74 Å². The van der Waals surface area contributed by atoms with Gasteiger partial charge >= 0.3 is 4.87 Å². The van der Waals surface area contributed by atoms with Crippen molar-refractivity contribution in [2.75, 3.05) is 16.8 Å². The number of anilines is 2. The number of aromatic nitrogens is 1. The van der Waals surface area contributed by atoms with Crippen LogP contribution in [0.15, 0.2) is 87.1 Å². The summed E-state index contributed by atoms with van der Waals surface area (Å²) in [5.41, 5.74) is 3.39. The fourth-order valence-corrected chi connectivity index (χ4v) is 11.2.